The first kappa shape index (κ1) is 34.5. The molecule has 0 radical (unpaired) electrons. The molecular weight excluding hydrogens is 585 g/mol. The second kappa shape index (κ2) is 17.4. The Morgan fingerprint density at radius 2 is 1.23 bits per heavy atom. The number of carboxylic acid groups (broad SMARTS) is 1. The molecule has 0 unspecified atom stereocenters. The lowest BCUT2D eigenvalue weighted by atomic mass is 10.0. The van der Waals surface area contributed by atoms with Crippen LogP contribution in [0.5, 0.6) is 0 Å². The first-order chi connectivity index (χ1) is 20.9. The maximum Gasteiger partial charge on any atom is 0.290 e. The first-order valence-corrected chi connectivity index (χ1v) is 16.4. The molecule has 2 aliphatic heterocycles. The molecular formula is C30H46N8O3S2. The minimum Gasteiger partial charge on any atom is -0.483 e. The number of thiophene rings is 2. The monoisotopic (exact) mass is 630 g/mol. The van der Waals surface area contributed by atoms with Crippen molar-refractivity contribution < 1.29 is 15.0 Å². The fraction of sp³-hybridized carbons (Fsp3) is 0.567. The van der Waals surface area contributed by atoms with Crippen molar-refractivity contribution in [2.24, 2.45) is 5.73 Å². The fourth-order valence-corrected chi connectivity index (χ4v) is 7.20. The molecule has 6 rings (SSSR count). The van der Waals surface area contributed by atoms with E-state index in [1.54, 1.807) is 35.3 Å². The summed E-state index contributed by atoms with van der Waals surface area (Å²) in [6.45, 7) is 8.31. The van der Waals surface area contributed by atoms with Crippen LogP contribution in [0.25, 0.3) is 20.4 Å². The summed E-state index contributed by atoms with van der Waals surface area (Å²) in [5, 5.41) is 16.3. The van der Waals surface area contributed by atoms with Crippen LogP contribution < -0.4 is 15.5 Å². The van der Waals surface area contributed by atoms with E-state index in [1.165, 1.54) is 33.4 Å². The zero-order chi connectivity index (χ0) is 31.4. The van der Waals surface area contributed by atoms with E-state index < -0.39 is 0 Å². The van der Waals surface area contributed by atoms with Gasteiger partial charge in [0, 0.05) is 55.1 Å². The lowest BCUT2D eigenvalue weighted by Gasteiger charge is -2.35. The number of hydrogen-bond acceptors (Lipinski definition) is 12. The van der Waals surface area contributed by atoms with E-state index in [0.29, 0.717) is 12.1 Å². The number of nitrogens with two attached hydrogens (primary N) is 1. The molecule has 4 aromatic heterocycles. The number of aliphatic hydroxyl groups excluding tert-OH is 1. The van der Waals surface area contributed by atoms with E-state index >= 15 is 0 Å². The third-order valence-electron chi connectivity index (χ3n) is 7.75. The normalized spacial score (nSPS) is 15.8. The summed E-state index contributed by atoms with van der Waals surface area (Å²) in [5.41, 5.74) is 5.96. The molecule has 6 heterocycles. The predicted molar refractivity (Wildman–Crippen MR) is 179 cm³/mol. The van der Waals surface area contributed by atoms with E-state index in [2.05, 4.69) is 74.7 Å². The number of nitrogens with zero attached hydrogens (tertiary/aromatic N) is 7. The lowest BCUT2D eigenvalue weighted by molar-refractivity contribution is -0.122. The van der Waals surface area contributed by atoms with Crippen molar-refractivity contribution >= 4 is 61.2 Å². The number of fused-ring (bicyclic) bond motifs is 2. The Morgan fingerprint density at radius 3 is 1.60 bits per heavy atom. The van der Waals surface area contributed by atoms with Gasteiger partial charge in [-0.25, -0.2) is 19.9 Å². The van der Waals surface area contributed by atoms with Gasteiger partial charge in [0.1, 0.15) is 34.0 Å². The number of rotatable bonds is 5. The van der Waals surface area contributed by atoms with Crippen LogP contribution >= 0.6 is 22.7 Å². The Labute approximate surface area is 262 Å². The lowest BCUT2D eigenvalue weighted by Crippen LogP contribution is -2.42. The first-order valence-electron chi connectivity index (χ1n) is 14.8. The van der Waals surface area contributed by atoms with E-state index in [9.17, 15) is 0 Å². The standard InChI is InChI=1S/C15H22N4S.C13H18N4S.CH2O2.CH4O/c1-4-12-9-13-14(16-10-17-15(13)20-12)19-7-5-11(6-8-19)18(2)3;1-2-10-7-11-12(15-8-16-13(11)18-10)17-5-3-9(14)4-6-17;2-1-3;1-2/h9-11H,4-8H2,1-3H3;7-9H,2-6,14H2,1H3;1H,(H,2,3);2H,1H3. The van der Waals surface area contributed by atoms with Gasteiger partial charge in [0.15, 0.2) is 0 Å². The number of aryl methyl sites for hydroxylation is 2. The van der Waals surface area contributed by atoms with Crippen molar-refractivity contribution in [1.82, 2.24) is 24.8 Å². The Balaban J connectivity index is 0.000000206. The molecule has 0 saturated carbocycles. The van der Waals surface area contributed by atoms with Gasteiger partial charge in [-0.3, -0.25) is 4.79 Å². The van der Waals surface area contributed by atoms with E-state index in [1.807, 2.05) is 0 Å². The fourth-order valence-electron chi connectivity index (χ4n) is 5.34. The summed E-state index contributed by atoms with van der Waals surface area (Å²) in [7, 11) is 5.35. The highest BCUT2D eigenvalue weighted by Gasteiger charge is 2.23. The van der Waals surface area contributed by atoms with Gasteiger partial charge >= 0.3 is 0 Å². The number of anilines is 2. The second-order valence-electron chi connectivity index (χ2n) is 10.6. The maximum absolute atomic E-state index is 8.36. The van der Waals surface area contributed by atoms with Gasteiger partial charge < -0.3 is 30.6 Å². The Kier molecular flexibility index (Phi) is 13.9. The van der Waals surface area contributed by atoms with Crippen molar-refractivity contribution in [3.05, 3.63) is 34.5 Å². The Hall–Kier alpha value is -2.97. The number of carbonyl (C=O) groups is 1. The molecule has 2 fully saturated rings. The molecule has 0 spiro atoms. The largest absolute Gasteiger partial charge is 0.483 e. The van der Waals surface area contributed by atoms with Gasteiger partial charge in [-0.2, -0.15) is 0 Å². The van der Waals surface area contributed by atoms with Crippen LogP contribution in [-0.2, 0) is 17.6 Å². The number of piperidine rings is 2. The zero-order valence-corrected chi connectivity index (χ0v) is 27.6. The Morgan fingerprint density at radius 1 is 0.837 bits per heavy atom. The van der Waals surface area contributed by atoms with Gasteiger partial charge in [0.2, 0.25) is 0 Å². The summed E-state index contributed by atoms with van der Waals surface area (Å²) in [4.78, 5) is 38.3. The van der Waals surface area contributed by atoms with Crippen molar-refractivity contribution in [2.75, 3.05) is 57.2 Å². The smallest absolute Gasteiger partial charge is 0.290 e. The molecule has 0 aromatic carbocycles. The van der Waals surface area contributed by atoms with Crippen LogP contribution in [-0.4, -0.2) is 101 Å². The molecule has 0 aliphatic carbocycles. The average molecular weight is 631 g/mol. The highest BCUT2D eigenvalue weighted by Crippen LogP contribution is 2.33. The van der Waals surface area contributed by atoms with Gasteiger partial charge in [-0.05, 0) is 64.8 Å². The third kappa shape index (κ3) is 9.02. The summed E-state index contributed by atoms with van der Waals surface area (Å²) in [6, 6.07) is 5.57. The summed E-state index contributed by atoms with van der Waals surface area (Å²) in [6.07, 6.45) is 10.1. The second-order valence-corrected chi connectivity index (χ2v) is 12.8. The number of aliphatic hydroxyl groups is 1. The van der Waals surface area contributed by atoms with Crippen LogP contribution in [0.1, 0.15) is 49.3 Å². The van der Waals surface area contributed by atoms with Crippen molar-refractivity contribution in [3.8, 4) is 0 Å². The van der Waals surface area contributed by atoms with Crippen LogP contribution in [0.15, 0.2) is 24.8 Å². The van der Waals surface area contributed by atoms with Gasteiger partial charge in [0.25, 0.3) is 6.47 Å². The highest BCUT2D eigenvalue weighted by atomic mass is 32.1. The van der Waals surface area contributed by atoms with Crippen molar-refractivity contribution in [3.63, 3.8) is 0 Å². The topological polar surface area (TPSA) is 145 Å². The zero-order valence-electron chi connectivity index (χ0n) is 25.9. The minimum absolute atomic E-state index is 0.250. The molecule has 0 bridgehead atoms. The van der Waals surface area contributed by atoms with E-state index in [-0.39, 0.29) is 6.47 Å². The average Bonchev–Trinajstić information content (AvgIpc) is 3.67. The quantitative estimate of drug-likeness (QED) is 0.272. The van der Waals surface area contributed by atoms with Gasteiger partial charge in [-0.15, -0.1) is 22.7 Å². The third-order valence-corrected chi connectivity index (χ3v) is 10.1. The molecule has 0 atom stereocenters. The Bertz CT molecular complexity index is 1400. The molecule has 13 heteroatoms. The molecule has 236 valence electrons. The number of aromatic nitrogens is 4. The molecule has 2 saturated heterocycles. The van der Waals surface area contributed by atoms with Crippen LogP contribution in [0.3, 0.4) is 0 Å². The molecule has 4 aromatic rings. The molecule has 43 heavy (non-hydrogen) atoms. The highest BCUT2D eigenvalue weighted by molar-refractivity contribution is 7.19. The van der Waals surface area contributed by atoms with Crippen LogP contribution in [0, 0.1) is 0 Å². The molecule has 4 N–H and O–H groups in total. The van der Waals surface area contributed by atoms with Crippen molar-refractivity contribution in [1.29, 1.82) is 0 Å². The van der Waals surface area contributed by atoms with Gasteiger partial charge in [-0.1, -0.05) is 13.8 Å². The molecule has 2 aliphatic rings. The van der Waals surface area contributed by atoms with E-state index in [0.717, 1.165) is 80.3 Å². The maximum atomic E-state index is 8.36. The summed E-state index contributed by atoms with van der Waals surface area (Å²) in [5.74, 6) is 2.21. The predicted octanol–water partition coefficient (Wildman–Crippen LogP) is 4.27. The summed E-state index contributed by atoms with van der Waals surface area (Å²) >= 11 is 3.57. The molecule has 11 nitrogen and oxygen atoms in total. The van der Waals surface area contributed by atoms with Gasteiger partial charge in [0.05, 0.1) is 10.8 Å². The van der Waals surface area contributed by atoms with Crippen molar-refractivity contribution in [2.45, 2.75) is 64.5 Å². The van der Waals surface area contributed by atoms with Crippen LogP contribution in [0.4, 0.5) is 11.6 Å². The van der Waals surface area contributed by atoms with Crippen LogP contribution in [0.2, 0.25) is 0 Å². The van der Waals surface area contributed by atoms with E-state index in [4.69, 9.17) is 20.7 Å². The molecule has 0 amide bonds. The number of hydrogen-bond donors (Lipinski definition) is 3. The SMILES string of the molecule is CCc1cc2c(N3CCC(N(C)C)CC3)ncnc2s1.CCc1cc2c(N3CCC(N)CC3)ncnc2s1.CO.O=CO. The minimum atomic E-state index is -0.250. The summed E-state index contributed by atoms with van der Waals surface area (Å²) < 4.78 is 0.